The first-order valence-electron chi connectivity index (χ1n) is 8.05. The van der Waals surface area contributed by atoms with Crippen molar-refractivity contribution in [3.63, 3.8) is 0 Å². The second-order valence-corrected chi connectivity index (χ2v) is 8.89. The molecule has 1 aliphatic rings. The van der Waals surface area contributed by atoms with Gasteiger partial charge in [-0.25, -0.2) is 8.42 Å². The van der Waals surface area contributed by atoms with E-state index >= 15 is 0 Å². The molecular formula is C17H19N3O4S2. The number of carbonyl (C=O) groups is 2. The Morgan fingerprint density at radius 1 is 1.23 bits per heavy atom. The maximum atomic E-state index is 13.1. The molecule has 0 bridgehead atoms. The first-order chi connectivity index (χ1) is 12.3. The first-order valence-corrected chi connectivity index (χ1v) is 10.4. The summed E-state index contributed by atoms with van der Waals surface area (Å²) in [4.78, 5) is 23.5. The van der Waals surface area contributed by atoms with E-state index in [2.05, 4.69) is 5.32 Å². The third-order valence-corrected chi connectivity index (χ3v) is 7.25. The topological polar surface area (TPSA) is 110 Å². The highest BCUT2D eigenvalue weighted by atomic mass is 32.2. The van der Waals surface area contributed by atoms with Gasteiger partial charge >= 0.3 is 0 Å². The number of hydrogen-bond donors (Lipinski definition) is 2. The van der Waals surface area contributed by atoms with E-state index < -0.39 is 27.9 Å². The lowest BCUT2D eigenvalue weighted by molar-refractivity contribution is -0.119. The van der Waals surface area contributed by atoms with Gasteiger partial charge < -0.3 is 11.1 Å². The van der Waals surface area contributed by atoms with Gasteiger partial charge in [0.2, 0.25) is 15.9 Å². The van der Waals surface area contributed by atoms with Gasteiger partial charge in [-0.1, -0.05) is 24.3 Å². The van der Waals surface area contributed by atoms with Crippen LogP contribution in [0, 0.1) is 0 Å². The fraction of sp³-hybridized carbons (Fsp3) is 0.294. The fourth-order valence-corrected chi connectivity index (χ4v) is 5.54. The number of fused-ring (bicyclic) bond motifs is 1. The van der Waals surface area contributed by atoms with Crippen LogP contribution in [0.4, 0.5) is 0 Å². The monoisotopic (exact) mass is 393 g/mol. The maximum absolute atomic E-state index is 13.1. The Bertz CT molecular complexity index is 952. The van der Waals surface area contributed by atoms with E-state index in [1.54, 1.807) is 5.38 Å². The van der Waals surface area contributed by atoms with Crippen molar-refractivity contribution < 1.29 is 18.0 Å². The van der Waals surface area contributed by atoms with Gasteiger partial charge in [-0.3, -0.25) is 9.59 Å². The zero-order valence-corrected chi connectivity index (χ0v) is 15.8. The molecule has 0 saturated heterocycles. The SMILES string of the molecule is CC(NC(=O)c1sccc1S(=O)(=O)N1CCc2ccccc2C1)C(N)=O. The quantitative estimate of drug-likeness (QED) is 0.792. The number of carbonyl (C=O) groups excluding carboxylic acids is 2. The summed E-state index contributed by atoms with van der Waals surface area (Å²) in [5.41, 5.74) is 7.25. The number of nitrogens with two attached hydrogens (primary N) is 1. The highest BCUT2D eigenvalue weighted by molar-refractivity contribution is 7.89. The number of benzene rings is 1. The maximum Gasteiger partial charge on any atom is 0.263 e. The molecule has 3 N–H and O–H groups in total. The molecule has 0 saturated carbocycles. The molecule has 0 fully saturated rings. The lowest BCUT2D eigenvalue weighted by Crippen LogP contribution is -2.42. The molecule has 7 nitrogen and oxygen atoms in total. The molecule has 2 heterocycles. The smallest absolute Gasteiger partial charge is 0.263 e. The minimum Gasteiger partial charge on any atom is -0.368 e. The Balaban J connectivity index is 1.87. The molecule has 0 aliphatic carbocycles. The van der Waals surface area contributed by atoms with E-state index in [-0.39, 0.29) is 16.3 Å². The van der Waals surface area contributed by atoms with E-state index in [9.17, 15) is 18.0 Å². The summed E-state index contributed by atoms with van der Waals surface area (Å²) >= 11 is 1.02. The second-order valence-electron chi connectivity index (χ2n) is 6.07. The molecule has 2 amide bonds. The van der Waals surface area contributed by atoms with E-state index in [4.69, 9.17) is 5.73 Å². The number of amides is 2. The molecule has 1 atom stereocenters. The van der Waals surface area contributed by atoms with E-state index in [0.717, 1.165) is 22.5 Å². The Hall–Kier alpha value is -2.23. The third kappa shape index (κ3) is 3.50. The van der Waals surface area contributed by atoms with E-state index in [0.29, 0.717) is 13.0 Å². The van der Waals surface area contributed by atoms with Gasteiger partial charge in [0.25, 0.3) is 5.91 Å². The number of thiophene rings is 1. The van der Waals surface area contributed by atoms with Crippen LogP contribution in [0.3, 0.4) is 0 Å². The lowest BCUT2D eigenvalue weighted by atomic mass is 10.0. The third-order valence-electron chi connectivity index (χ3n) is 4.32. The summed E-state index contributed by atoms with van der Waals surface area (Å²) in [5.74, 6) is -1.31. The van der Waals surface area contributed by atoms with Crippen LogP contribution in [0.25, 0.3) is 0 Å². The molecule has 1 aliphatic heterocycles. The van der Waals surface area contributed by atoms with Crippen LogP contribution in [0.2, 0.25) is 0 Å². The van der Waals surface area contributed by atoms with Crippen LogP contribution < -0.4 is 11.1 Å². The number of nitrogens with zero attached hydrogens (tertiary/aromatic N) is 1. The van der Waals surface area contributed by atoms with Gasteiger partial charge in [0.05, 0.1) is 0 Å². The molecule has 138 valence electrons. The molecular weight excluding hydrogens is 374 g/mol. The molecule has 2 aromatic rings. The summed E-state index contributed by atoms with van der Waals surface area (Å²) in [6.07, 6.45) is 0.625. The molecule has 1 aromatic heterocycles. The predicted octanol–water partition coefficient (Wildman–Crippen LogP) is 1.10. The average molecular weight is 393 g/mol. The van der Waals surface area contributed by atoms with Crippen molar-refractivity contribution in [2.75, 3.05) is 6.54 Å². The van der Waals surface area contributed by atoms with Gasteiger partial charge in [-0.2, -0.15) is 4.31 Å². The molecule has 0 spiro atoms. The van der Waals surface area contributed by atoms with Crippen LogP contribution in [0.1, 0.15) is 27.7 Å². The van der Waals surface area contributed by atoms with Crippen molar-refractivity contribution in [1.82, 2.24) is 9.62 Å². The van der Waals surface area contributed by atoms with E-state index in [1.165, 1.54) is 17.3 Å². The number of rotatable bonds is 5. The van der Waals surface area contributed by atoms with Gasteiger partial charge in [0, 0.05) is 13.1 Å². The average Bonchev–Trinajstić information content (AvgIpc) is 3.12. The van der Waals surface area contributed by atoms with Crippen molar-refractivity contribution in [3.05, 3.63) is 51.7 Å². The standard InChI is InChI=1S/C17H19N3O4S2/c1-11(16(18)21)19-17(22)15-14(7-9-25-15)26(23,24)20-8-6-12-4-2-3-5-13(12)10-20/h2-5,7,9,11H,6,8,10H2,1H3,(H2,18,21)(H,19,22). The summed E-state index contributed by atoms with van der Waals surface area (Å²) in [7, 11) is -3.83. The molecule has 26 heavy (non-hydrogen) atoms. The Morgan fingerprint density at radius 3 is 2.62 bits per heavy atom. The lowest BCUT2D eigenvalue weighted by Gasteiger charge is -2.28. The largest absolute Gasteiger partial charge is 0.368 e. The summed E-state index contributed by atoms with van der Waals surface area (Å²) < 4.78 is 27.5. The summed E-state index contributed by atoms with van der Waals surface area (Å²) in [6, 6.07) is 8.25. The molecule has 9 heteroatoms. The number of primary amides is 1. The van der Waals surface area contributed by atoms with Gasteiger partial charge in [-0.05, 0) is 35.9 Å². The van der Waals surface area contributed by atoms with Crippen molar-refractivity contribution in [3.8, 4) is 0 Å². The molecule has 1 aromatic carbocycles. The highest BCUT2D eigenvalue weighted by Crippen LogP contribution is 2.29. The van der Waals surface area contributed by atoms with Gasteiger partial charge in [0.15, 0.2) is 0 Å². The van der Waals surface area contributed by atoms with Crippen molar-refractivity contribution in [2.24, 2.45) is 5.73 Å². The van der Waals surface area contributed by atoms with Crippen LogP contribution in [-0.4, -0.2) is 37.1 Å². The zero-order chi connectivity index (χ0) is 18.9. The Morgan fingerprint density at radius 2 is 1.92 bits per heavy atom. The normalized spacial score (nSPS) is 15.9. The Labute approximate surface area is 155 Å². The van der Waals surface area contributed by atoms with Crippen LogP contribution >= 0.6 is 11.3 Å². The van der Waals surface area contributed by atoms with Crippen LogP contribution in [-0.2, 0) is 27.8 Å². The second kappa shape index (κ2) is 7.18. The number of hydrogen-bond acceptors (Lipinski definition) is 5. The highest BCUT2D eigenvalue weighted by Gasteiger charge is 2.32. The van der Waals surface area contributed by atoms with Gasteiger partial charge in [-0.15, -0.1) is 11.3 Å². The fourth-order valence-electron chi connectivity index (χ4n) is 2.81. The van der Waals surface area contributed by atoms with Crippen molar-refractivity contribution in [1.29, 1.82) is 0 Å². The first kappa shape index (κ1) is 18.6. The molecule has 3 rings (SSSR count). The Kier molecular flexibility index (Phi) is 5.12. The predicted molar refractivity (Wildman–Crippen MR) is 98.2 cm³/mol. The molecule has 1 unspecified atom stereocenters. The number of nitrogens with one attached hydrogen (secondary N) is 1. The van der Waals surface area contributed by atoms with Crippen LogP contribution in [0.15, 0.2) is 40.6 Å². The molecule has 0 radical (unpaired) electrons. The van der Waals surface area contributed by atoms with Crippen molar-refractivity contribution in [2.45, 2.75) is 30.8 Å². The number of sulfonamides is 1. The summed E-state index contributed by atoms with van der Waals surface area (Å²) in [6.45, 7) is 2.07. The van der Waals surface area contributed by atoms with Crippen molar-refractivity contribution >= 4 is 33.2 Å². The van der Waals surface area contributed by atoms with E-state index in [1.807, 2.05) is 24.3 Å². The zero-order valence-electron chi connectivity index (χ0n) is 14.1. The van der Waals surface area contributed by atoms with Gasteiger partial charge in [0.1, 0.15) is 15.8 Å². The minimum absolute atomic E-state index is 0.0453. The minimum atomic E-state index is -3.83. The van der Waals surface area contributed by atoms with Crippen LogP contribution in [0.5, 0.6) is 0 Å². The summed E-state index contributed by atoms with van der Waals surface area (Å²) in [5, 5.41) is 3.98.